The van der Waals surface area contributed by atoms with Crippen LogP contribution in [0.5, 0.6) is 0 Å². The number of carbonyl (C=O) groups is 1. The van der Waals surface area contributed by atoms with Gasteiger partial charge >= 0.3 is 0 Å². The van der Waals surface area contributed by atoms with E-state index in [9.17, 15) is 22.0 Å². The van der Waals surface area contributed by atoms with E-state index in [4.69, 9.17) is 10.1 Å². The van der Waals surface area contributed by atoms with Crippen LogP contribution in [0, 0.1) is 5.92 Å². The highest BCUT2D eigenvalue weighted by Gasteiger charge is 2.32. The lowest BCUT2D eigenvalue weighted by molar-refractivity contribution is 0.0322. The van der Waals surface area contributed by atoms with E-state index in [-0.39, 0.29) is 41.4 Å². The fraction of sp³-hybridized carbons (Fsp3) is 0.458. The van der Waals surface area contributed by atoms with Gasteiger partial charge in [0, 0.05) is 24.9 Å². The molecular weight excluding hydrogens is 492 g/mol. The van der Waals surface area contributed by atoms with Gasteiger partial charge in [-0.1, -0.05) is 26.8 Å². The molecule has 0 radical (unpaired) electrons. The number of benzene rings is 1. The molecule has 0 bridgehead atoms. The van der Waals surface area contributed by atoms with Crippen LogP contribution in [-0.2, 0) is 22.0 Å². The molecule has 0 saturated carbocycles. The van der Waals surface area contributed by atoms with E-state index < -0.39 is 21.9 Å². The Labute approximate surface area is 207 Å². The molecule has 194 valence electrons. The fourth-order valence-electron chi connectivity index (χ4n) is 4.18. The predicted octanol–water partition coefficient (Wildman–Crippen LogP) is 3.09. The Balaban J connectivity index is 1.69. The maximum atomic E-state index is 13.6. The molecule has 1 aliphatic rings. The molecule has 1 aromatic carbocycles. The molecule has 9 nitrogen and oxygen atoms in total. The highest BCUT2D eigenvalue weighted by Crippen LogP contribution is 2.34. The number of halogens is 2. The van der Waals surface area contributed by atoms with Crippen molar-refractivity contribution in [3.05, 3.63) is 54.1 Å². The molecule has 0 spiro atoms. The predicted molar refractivity (Wildman–Crippen MR) is 129 cm³/mol. The minimum Gasteiger partial charge on any atom is -0.395 e. The van der Waals surface area contributed by atoms with Crippen molar-refractivity contribution in [2.75, 3.05) is 13.2 Å². The van der Waals surface area contributed by atoms with Gasteiger partial charge in [-0.3, -0.25) is 4.79 Å². The third-order valence-corrected chi connectivity index (χ3v) is 7.57. The summed E-state index contributed by atoms with van der Waals surface area (Å²) in [6, 6.07) is 4.55. The van der Waals surface area contributed by atoms with Gasteiger partial charge in [0.15, 0.2) is 0 Å². The average molecular weight is 522 g/mol. The van der Waals surface area contributed by atoms with E-state index in [1.165, 1.54) is 12.1 Å². The smallest absolute Gasteiger partial charge is 0.283 e. The summed E-state index contributed by atoms with van der Waals surface area (Å²) in [6.45, 7) is 6.20. The normalized spacial score (nSPS) is 18.0. The summed E-state index contributed by atoms with van der Waals surface area (Å²) in [7, 11) is -4.11. The molecule has 0 saturated heterocycles. The highest BCUT2D eigenvalue weighted by atomic mass is 32.2. The summed E-state index contributed by atoms with van der Waals surface area (Å²) in [5, 5.41) is 15.1. The van der Waals surface area contributed by atoms with Gasteiger partial charge in [0.1, 0.15) is 5.82 Å². The van der Waals surface area contributed by atoms with Gasteiger partial charge in [-0.2, -0.15) is 17.6 Å². The minimum absolute atomic E-state index is 0.0330. The van der Waals surface area contributed by atoms with Gasteiger partial charge in [0.25, 0.3) is 21.9 Å². The molecule has 1 aliphatic carbocycles. The number of fused-ring (bicyclic) bond motifs is 1. The number of aliphatic hydroxyl groups is 1. The van der Waals surface area contributed by atoms with E-state index in [1.54, 1.807) is 12.1 Å². The van der Waals surface area contributed by atoms with Crippen molar-refractivity contribution in [3.8, 4) is 0 Å². The van der Waals surface area contributed by atoms with Crippen molar-refractivity contribution in [3.63, 3.8) is 0 Å². The lowest BCUT2D eigenvalue weighted by Gasteiger charge is -2.26. The van der Waals surface area contributed by atoms with Crippen molar-refractivity contribution in [1.82, 2.24) is 24.1 Å². The Bertz CT molecular complexity index is 1420. The van der Waals surface area contributed by atoms with Crippen LogP contribution in [0.2, 0.25) is 0 Å². The zero-order chi connectivity index (χ0) is 26.3. The minimum atomic E-state index is -4.11. The van der Waals surface area contributed by atoms with Gasteiger partial charge in [-0.05, 0) is 36.6 Å². The van der Waals surface area contributed by atoms with Crippen molar-refractivity contribution >= 4 is 27.0 Å². The zero-order valence-electron chi connectivity index (χ0n) is 20.3. The van der Waals surface area contributed by atoms with E-state index in [1.807, 2.05) is 25.3 Å². The maximum absolute atomic E-state index is 13.6. The number of alkyl halides is 2. The number of allylic oxidation sites excluding steroid dienone is 2. The molecule has 0 fully saturated rings. The van der Waals surface area contributed by atoms with Crippen molar-refractivity contribution in [1.29, 1.82) is 0 Å². The van der Waals surface area contributed by atoms with Crippen LogP contribution in [-0.4, -0.2) is 57.2 Å². The third-order valence-electron chi connectivity index (χ3n) is 6.03. The molecule has 0 aliphatic heterocycles. The number of hydrogen-bond donors (Lipinski definition) is 2. The van der Waals surface area contributed by atoms with Gasteiger partial charge in [-0.25, -0.2) is 13.8 Å². The second-order valence-electron chi connectivity index (χ2n) is 9.95. The van der Waals surface area contributed by atoms with E-state index in [0.717, 1.165) is 28.4 Å². The first-order valence-corrected chi connectivity index (χ1v) is 13.0. The SMILES string of the molecule is CC(C)(C)c1nc2cc(S(=O)(=O)n3cc(C(=O)NCCO)cn3)ccc2n1CC1C=CC(F)(F)CC1. The molecule has 1 unspecified atom stereocenters. The quantitative estimate of drug-likeness (QED) is 0.461. The molecule has 2 heterocycles. The molecule has 4 rings (SSSR count). The van der Waals surface area contributed by atoms with E-state index in [2.05, 4.69) is 10.4 Å². The molecular formula is C24H29F2N5O4S. The monoisotopic (exact) mass is 521 g/mol. The van der Waals surface area contributed by atoms with Gasteiger partial charge in [0.2, 0.25) is 0 Å². The second-order valence-corrected chi connectivity index (χ2v) is 11.7. The number of imidazole rings is 1. The first kappa shape index (κ1) is 26.0. The Hall–Kier alpha value is -3.12. The summed E-state index contributed by atoms with van der Waals surface area (Å²) in [5.74, 6) is -2.70. The maximum Gasteiger partial charge on any atom is 0.283 e. The fourth-order valence-corrected chi connectivity index (χ4v) is 5.32. The van der Waals surface area contributed by atoms with E-state index in [0.29, 0.717) is 24.0 Å². The summed E-state index contributed by atoms with van der Waals surface area (Å²) in [5.41, 5.74) is 0.825. The Morgan fingerprint density at radius 3 is 2.69 bits per heavy atom. The van der Waals surface area contributed by atoms with Crippen LogP contribution < -0.4 is 5.32 Å². The summed E-state index contributed by atoms with van der Waals surface area (Å²) < 4.78 is 56.3. The van der Waals surface area contributed by atoms with Crippen molar-refractivity contribution in [2.24, 2.45) is 5.92 Å². The van der Waals surface area contributed by atoms with Crippen LogP contribution in [0.15, 0.2) is 47.6 Å². The van der Waals surface area contributed by atoms with Crippen molar-refractivity contribution < 1.29 is 27.1 Å². The van der Waals surface area contributed by atoms with E-state index >= 15 is 0 Å². The standard InChI is InChI=1S/C24H29F2N5O4S/c1-23(2,3)22-29-19-12-18(36(34,35)31-15-17(13-28-31)21(33)27-10-11-32)4-5-20(19)30(22)14-16-6-8-24(25,26)9-7-16/h4-6,8,12-13,15-16,32H,7,9-11,14H2,1-3H3,(H,27,33). The number of hydrogen-bond acceptors (Lipinski definition) is 6. The van der Waals surface area contributed by atoms with Gasteiger partial charge in [-0.15, -0.1) is 0 Å². The van der Waals surface area contributed by atoms with Crippen LogP contribution >= 0.6 is 0 Å². The molecule has 36 heavy (non-hydrogen) atoms. The number of aliphatic hydroxyl groups excluding tert-OH is 1. The number of nitrogens with zero attached hydrogens (tertiary/aromatic N) is 4. The summed E-state index contributed by atoms with van der Waals surface area (Å²) in [6.07, 6.45) is 4.88. The molecule has 1 atom stereocenters. The first-order chi connectivity index (χ1) is 16.8. The first-order valence-electron chi connectivity index (χ1n) is 11.6. The van der Waals surface area contributed by atoms with Crippen molar-refractivity contribution in [2.45, 2.75) is 56.4 Å². The summed E-state index contributed by atoms with van der Waals surface area (Å²) >= 11 is 0. The van der Waals surface area contributed by atoms with Gasteiger partial charge in [0.05, 0.1) is 40.5 Å². The molecule has 12 heteroatoms. The number of rotatable bonds is 7. The number of nitrogens with one attached hydrogen (secondary N) is 1. The zero-order valence-corrected chi connectivity index (χ0v) is 21.1. The Morgan fingerprint density at radius 2 is 2.06 bits per heavy atom. The lowest BCUT2D eigenvalue weighted by atomic mass is 9.92. The average Bonchev–Trinajstić information content (AvgIpc) is 3.44. The van der Waals surface area contributed by atoms with Crippen LogP contribution in [0.4, 0.5) is 8.78 Å². The Kier molecular flexibility index (Phi) is 6.78. The molecule has 2 N–H and O–H groups in total. The highest BCUT2D eigenvalue weighted by molar-refractivity contribution is 7.89. The number of aromatic nitrogens is 4. The van der Waals surface area contributed by atoms with Gasteiger partial charge < -0.3 is 15.0 Å². The Morgan fingerprint density at radius 1 is 1.31 bits per heavy atom. The third kappa shape index (κ3) is 5.19. The molecule has 2 aromatic heterocycles. The second kappa shape index (κ2) is 9.40. The molecule has 3 aromatic rings. The number of carbonyl (C=O) groups excluding carboxylic acids is 1. The summed E-state index contributed by atoms with van der Waals surface area (Å²) in [4.78, 5) is 16.7. The molecule has 1 amide bonds. The lowest BCUT2D eigenvalue weighted by Crippen LogP contribution is -2.26. The largest absolute Gasteiger partial charge is 0.395 e. The topological polar surface area (TPSA) is 119 Å². The van der Waals surface area contributed by atoms with Crippen LogP contribution in [0.3, 0.4) is 0 Å². The van der Waals surface area contributed by atoms with Crippen LogP contribution in [0.1, 0.15) is 49.8 Å². The number of amides is 1. The van der Waals surface area contributed by atoms with Crippen LogP contribution in [0.25, 0.3) is 11.0 Å².